The van der Waals surface area contributed by atoms with Gasteiger partial charge in [0.05, 0.1) is 4.92 Å². The number of aliphatic imine (C=N–C) groups is 1. The molecule has 0 aliphatic rings. The van der Waals surface area contributed by atoms with E-state index in [0.717, 1.165) is 17.5 Å². The quantitative estimate of drug-likeness (QED) is 0.420. The summed E-state index contributed by atoms with van der Waals surface area (Å²) in [5.74, 6) is 0.0825. The predicted molar refractivity (Wildman–Crippen MR) is 97.7 cm³/mol. The second-order valence-electron chi connectivity index (χ2n) is 5.56. The highest BCUT2D eigenvalue weighted by Gasteiger charge is 2.11. The highest BCUT2D eigenvalue weighted by molar-refractivity contribution is 5.86. The van der Waals surface area contributed by atoms with Crippen LogP contribution in [0, 0.1) is 10.1 Å². The van der Waals surface area contributed by atoms with Crippen molar-refractivity contribution in [2.75, 3.05) is 0 Å². The lowest BCUT2D eigenvalue weighted by Gasteiger charge is -2.05. The second-order valence-corrected chi connectivity index (χ2v) is 5.56. The third-order valence-electron chi connectivity index (χ3n) is 3.76. The zero-order valence-electron chi connectivity index (χ0n) is 13.4. The lowest BCUT2D eigenvalue weighted by molar-refractivity contribution is -0.384. The SMILES string of the molecule is O=[N+]([O-])c1ccccc1N=Cc1cc(Cc2ccccc2)ccc1O. The normalized spacial score (nSPS) is 10.9. The second kappa shape index (κ2) is 7.40. The van der Waals surface area contributed by atoms with Crippen LogP contribution in [0.3, 0.4) is 0 Å². The number of rotatable bonds is 5. The number of phenols is 1. The molecular weight excluding hydrogens is 316 g/mol. The molecule has 25 heavy (non-hydrogen) atoms. The Labute approximate surface area is 145 Å². The highest BCUT2D eigenvalue weighted by Crippen LogP contribution is 2.27. The van der Waals surface area contributed by atoms with E-state index in [-0.39, 0.29) is 17.1 Å². The minimum atomic E-state index is -0.474. The Morgan fingerprint density at radius 1 is 0.960 bits per heavy atom. The fraction of sp³-hybridized carbons (Fsp3) is 0.0500. The summed E-state index contributed by atoms with van der Waals surface area (Å²) in [4.78, 5) is 14.7. The Hall–Kier alpha value is -3.47. The lowest BCUT2D eigenvalue weighted by Crippen LogP contribution is -1.91. The maximum Gasteiger partial charge on any atom is 0.294 e. The summed E-state index contributed by atoms with van der Waals surface area (Å²) in [7, 11) is 0. The zero-order chi connectivity index (χ0) is 17.6. The van der Waals surface area contributed by atoms with Gasteiger partial charge < -0.3 is 5.11 Å². The number of benzene rings is 3. The van der Waals surface area contributed by atoms with E-state index >= 15 is 0 Å². The van der Waals surface area contributed by atoms with E-state index in [9.17, 15) is 15.2 Å². The number of hydrogen-bond donors (Lipinski definition) is 1. The van der Waals surface area contributed by atoms with Crippen LogP contribution in [0.15, 0.2) is 77.8 Å². The van der Waals surface area contributed by atoms with Crippen LogP contribution in [0.1, 0.15) is 16.7 Å². The number of nitro benzene ring substituents is 1. The minimum Gasteiger partial charge on any atom is -0.507 e. The molecule has 124 valence electrons. The van der Waals surface area contributed by atoms with Crippen LogP contribution in [-0.2, 0) is 6.42 Å². The number of nitro groups is 1. The molecule has 1 N–H and O–H groups in total. The summed E-state index contributed by atoms with van der Waals surface area (Å²) in [5.41, 5.74) is 2.88. The third-order valence-corrected chi connectivity index (χ3v) is 3.76. The van der Waals surface area contributed by atoms with Crippen molar-refractivity contribution >= 4 is 17.6 Å². The Balaban J connectivity index is 1.88. The molecule has 5 heteroatoms. The maximum absolute atomic E-state index is 11.0. The highest BCUT2D eigenvalue weighted by atomic mass is 16.6. The van der Waals surface area contributed by atoms with Crippen LogP contribution >= 0.6 is 0 Å². The van der Waals surface area contributed by atoms with Gasteiger partial charge >= 0.3 is 0 Å². The number of phenolic OH excluding ortho intramolecular Hbond substituents is 1. The fourth-order valence-electron chi connectivity index (χ4n) is 2.52. The molecule has 0 aromatic heterocycles. The molecule has 0 heterocycles. The van der Waals surface area contributed by atoms with E-state index in [4.69, 9.17) is 0 Å². The lowest BCUT2D eigenvalue weighted by atomic mass is 10.0. The Bertz CT molecular complexity index is 921. The summed E-state index contributed by atoms with van der Waals surface area (Å²) >= 11 is 0. The summed E-state index contributed by atoms with van der Waals surface area (Å²) in [5, 5.41) is 21.1. The summed E-state index contributed by atoms with van der Waals surface area (Å²) in [6.45, 7) is 0. The first-order valence-electron chi connectivity index (χ1n) is 7.77. The summed E-state index contributed by atoms with van der Waals surface area (Å²) in [6, 6.07) is 21.5. The van der Waals surface area contributed by atoms with Crippen LogP contribution in [0.4, 0.5) is 11.4 Å². The van der Waals surface area contributed by atoms with E-state index in [1.54, 1.807) is 24.3 Å². The molecule has 0 spiro atoms. The van der Waals surface area contributed by atoms with Gasteiger partial charge in [-0.05, 0) is 35.7 Å². The van der Waals surface area contributed by atoms with Crippen molar-refractivity contribution in [3.63, 3.8) is 0 Å². The predicted octanol–water partition coefficient (Wildman–Crippen LogP) is 4.64. The summed E-state index contributed by atoms with van der Waals surface area (Å²) < 4.78 is 0. The molecule has 0 aliphatic heterocycles. The van der Waals surface area contributed by atoms with Gasteiger partial charge in [0.25, 0.3) is 5.69 Å². The topological polar surface area (TPSA) is 75.7 Å². The van der Waals surface area contributed by atoms with Crippen LogP contribution in [-0.4, -0.2) is 16.2 Å². The van der Waals surface area contributed by atoms with Gasteiger partial charge in [0.2, 0.25) is 0 Å². The molecular formula is C20H16N2O3. The maximum atomic E-state index is 11.0. The van der Waals surface area contributed by atoms with E-state index in [1.807, 2.05) is 42.5 Å². The molecule has 0 bridgehead atoms. The van der Waals surface area contributed by atoms with Crippen molar-refractivity contribution in [3.8, 4) is 5.75 Å². The molecule has 0 atom stereocenters. The Kier molecular flexibility index (Phi) is 4.85. The zero-order valence-corrected chi connectivity index (χ0v) is 13.4. The van der Waals surface area contributed by atoms with Gasteiger partial charge in [0.15, 0.2) is 0 Å². The molecule has 0 fully saturated rings. The van der Waals surface area contributed by atoms with E-state index < -0.39 is 4.92 Å². The van der Waals surface area contributed by atoms with Crippen molar-refractivity contribution < 1.29 is 10.0 Å². The van der Waals surface area contributed by atoms with Gasteiger partial charge in [-0.25, -0.2) is 4.99 Å². The first-order chi connectivity index (χ1) is 12.1. The van der Waals surface area contributed by atoms with E-state index in [0.29, 0.717) is 5.56 Å². The van der Waals surface area contributed by atoms with Gasteiger partial charge in [-0.3, -0.25) is 10.1 Å². The van der Waals surface area contributed by atoms with Crippen molar-refractivity contribution in [2.45, 2.75) is 6.42 Å². The standard InChI is InChI=1S/C20H16N2O3/c23-20-11-10-16(12-15-6-2-1-3-7-15)13-17(20)14-21-18-8-4-5-9-19(18)22(24)25/h1-11,13-14,23H,12H2. The molecule has 0 radical (unpaired) electrons. The van der Waals surface area contributed by atoms with Crippen molar-refractivity contribution in [1.82, 2.24) is 0 Å². The molecule has 0 unspecified atom stereocenters. The van der Waals surface area contributed by atoms with E-state index in [1.165, 1.54) is 12.3 Å². The van der Waals surface area contributed by atoms with Crippen LogP contribution in [0.2, 0.25) is 0 Å². The number of aromatic hydroxyl groups is 1. The first-order valence-corrected chi connectivity index (χ1v) is 7.77. The van der Waals surface area contributed by atoms with Crippen molar-refractivity contribution in [2.24, 2.45) is 4.99 Å². The van der Waals surface area contributed by atoms with Gasteiger partial charge in [0, 0.05) is 17.8 Å². The molecule has 3 rings (SSSR count). The number of nitrogens with zero attached hydrogens (tertiary/aromatic N) is 2. The third kappa shape index (κ3) is 4.09. The van der Waals surface area contributed by atoms with Gasteiger partial charge in [-0.1, -0.05) is 48.5 Å². The number of para-hydroxylation sites is 2. The average molecular weight is 332 g/mol. The summed E-state index contributed by atoms with van der Waals surface area (Å²) in [6.07, 6.45) is 2.18. The van der Waals surface area contributed by atoms with Crippen LogP contribution in [0.5, 0.6) is 5.75 Å². The average Bonchev–Trinajstić information content (AvgIpc) is 2.63. The molecule has 0 saturated carbocycles. The smallest absolute Gasteiger partial charge is 0.294 e. The molecule has 3 aromatic rings. The minimum absolute atomic E-state index is 0.0707. The van der Waals surface area contributed by atoms with Crippen LogP contribution in [0.25, 0.3) is 0 Å². The molecule has 0 aliphatic carbocycles. The number of hydrogen-bond acceptors (Lipinski definition) is 4. The first kappa shape index (κ1) is 16.4. The molecule has 0 saturated heterocycles. The van der Waals surface area contributed by atoms with Gasteiger partial charge in [-0.2, -0.15) is 0 Å². The van der Waals surface area contributed by atoms with Crippen LogP contribution < -0.4 is 0 Å². The fourth-order valence-corrected chi connectivity index (χ4v) is 2.52. The monoisotopic (exact) mass is 332 g/mol. The molecule has 5 nitrogen and oxygen atoms in total. The van der Waals surface area contributed by atoms with Gasteiger partial charge in [0.1, 0.15) is 11.4 Å². The van der Waals surface area contributed by atoms with Gasteiger partial charge in [-0.15, -0.1) is 0 Å². The van der Waals surface area contributed by atoms with E-state index in [2.05, 4.69) is 4.99 Å². The molecule has 3 aromatic carbocycles. The van der Waals surface area contributed by atoms with Crippen molar-refractivity contribution in [1.29, 1.82) is 0 Å². The van der Waals surface area contributed by atoms with Crippen molar-refractivity contribution in [3.05, 3.63) is 99.6 Å². The Morgan fingerprint density at radius 3 is 2.44 bits per heavy atom. The Morgan fingerprint density at radius 2 is 1.68 bits per heavy atom. The molecule has 0 amide bonds. The largest absolute Gasteiger partial charge is 0.507 e.